The molecule has 0 aliphatic heterocycles. The Hall–Kier alpha value is -1.10. The summed E-state index contributed by atoms with van der Waals surface area (Å²) in [6, 6.07) is 7.52. The molecule has 0 spiro atoms. The fraction of sp³-hybridized carbons (Fsp3) is 0.364. The maximum absolute atomic E-state index is 11.1. The minimum absolute atomic E-state index is 0. The van der Waals surface area contributed by atoms with E-state index in [-0.39, 0.29) is 31.0 Å². The normalized spacial score (nSPS) is 11.4. The van der Waals surface area contributed by atoms with Crippen LogP contribution in [0.25, 0.3) is 0 Å². The maximum atomic E-state index is 11.1. The summed E-state index contributed by atoms with van der Waals surface area (Å²) in [5.74, 6) is -0.197. The van der Waals surface area contributed by atoms with E-state index in [2.05, 4.69) is 5.32 Å². The molecule has 3 N–H and O–H groups in total. The van der Waals surface area contributed by atoms with Gasteiger partial charge in [-0.15, -0.1) is 12.4 Å². The molecule has 1 aromatic rings. The van der Waals surface area contributed by atoms with Crippen LogP contribution in [0.5, 0.6) is 0 Å². The van der Waals surface area contributed by atoms with Crippen LogP contribution in [0, 0.1) is 0 Å². The third-order valence-corrected chi connectivity index (χ3v) is 2.18. The van der Waals surface area contributed by atoms with Gasteiger partial charge in [-0.1, -0.05) is 12.1 Å². The molecule has 0 heterocycles. The van der Waals surface area contributed by atoms with Crippen molar-refractivity contribution in [2.24, 2.45) is 5.73 Å². The lowest BCUT2D eigenvalue weighted by Crippen LogP contribution is -2.21. The third kappa shape index (κ3) is 4.18. The van der Waals surface area contributed by atoms with E-state index >= 15 is 0 Å². The average molecular weight is 245 g/mol. The summed E-state index contributed by atoms with van der Waals surface area (Å²) in [7, 11) is 1.65. The summed E-state index contributed by atoms with van der Waals surface area (Å²) in [5, 5.41) is 2.69. The van der Waals surface area contributed by atoms with E-state index in [1.54, 1.807) is 7.11 Å². The quantitative estimate of drug-likeness (QED) is 0.848. The number of hydrogen-bond donors (Lipinski definition) is 2. The van der Waals surface area contributed by atoms with Gasteiger partial charge in [-0.05, 0) is 24.6 Å². The second-order valence-electron chi connectivity index (χ2n) is 3.26. The molecule has 1 unspecified atom stereocenters. The number of halogens is 1. The van der Waals surface area contributed by atoms with Gasteiger partial charge in [-0.2, -0.15) is 0 Å². The maximum Gasteiger partial charge on any atom is 0.238 e. The third-order valence-electron chi connectivity index (χ3n) is 2.18. The Kier molecular flexibility index (Phi) is 6.72. The molecule has 0 saturated heterocycles. The zero-order chi connectivity index (χ0) is 11.3. The van der Waals surface area contributed by atoms with Crippen LogP contribution in [0.15, 0.2) is 24.3 Å². The first-order chi connectivity index (χ1) is 7.17. The van der Waals surface area contributed by atoms with Crippen molar-refractivity contribution in [1.82, 2.24) is 0 Å². The standard InChI is InChI=1S/C11H16N2O2.ClH/c1-8(15-2)9-4-3-5-10(6-9)13-11(14)7-12;/h3-6,8H,7,12H2,1-2H3,(H,13,14);1H. The molecule has 5 heteroatoms. The first kappa shape index (κ1) is 14.9. The lowest BCUT2D eigenvalue weighted by atomic mass is 10.1. The predicted octanol–water partition coefficient (Wildman–Crippen LogP) is 1.71. The van der Waals surface area contributed by atoms with Crippen LogP contribution in [0.2, 0.25) is 0 Å². The summed E-state index contributed by atoms with van der Waals surface area (Å²) in [6.07, 6.45) is 0.0136. The Balaban J connectivity index is 0.00000225. The van der Waals surface area contributed by atoms with Crippen molar-refractivity contribution >= 4 is 24.0 Å². The largest absolute Gasteiger partial charge is 0.377 e. The van der Waals surface area contributed by atoms with Gasteiger partial charge in [0.05, 0.1) is 12.6 Å². The van der Waals surface area contributed by atoms with Crippen molar-refractivity contribution in [2.75, 3.05) is 19.0 Å². The predicted molar refractivity (Wildman–Crippen MR) is 66.8 cm³/mol. The summed E-state index contributed by atoms with van der Waals surface area (Å²) in [4.78, 5) is 11.1. The molecule has 0 fully saturated rings. The van der Waals surface area contributed by atoms with Crippen LogP contribution >= 0.6 is 12.4 Å². The van der Waals surface area contributed by atoms with Crippen LogP contribution < -0.4 is 11.1 Å². The van der Waals surface area contributed by atoms with Gasteiger partial charge in [0, 0.05) is 12.8 Å². The fourth-order valence-corrected chi connectivity index (χ4v) is 1.22. The number of nitrogens with two attached hydrogens (primary N) is 1. The fourth-order valence-electron chi connectivity index (χ4n) is 1.22. The lowest BCUT2D eigenvalue weighted by molar-refractivity contribution is -0.114. The molecule has 1 rings (SSSR count). The van der Waals surface area contributed by atoms with E-state index < -0.39 is 0 Å². The molecule has 1 aromatic carbocycles. The van der Waals surface area contributed by atoms with Crippen LogP contribution in [0.4, 0.5) is 5.69 Å². The van der Waals surface area contributed by atoms with Crippen molar-refractivity contribution in [3.05, 3.63) is 29.8 Å². The highest BCUT2D eigenvalue weighted by atomic mass is 35.5. The zero-order valence-electron chi connectivity index (χ0n) is 9.40. The minimum Gasteiger partial charge on any atom is -0.377 e. The van der Waals surface area contributed by atoms with Crippen LogP contribution in [-0.2, 0) is 9.53 Å². The topological polar surface area (TPSA) is 64.3 Å². The van der Waals surface area contributed by atoms with Crippen molar-refractivity contribution in [3.63, 3.8) is 0 Å². The van der Waals surface area contributed by atoms with Crippen LogP contribution in [0.3, 0.4) is 0 Å². The highest BCUT2D eigenvalue weighted by Gasteiger charge is 2.05. The van der Waals surface area contributed by atoms with E-state index in [1.165, 1.54) is 0 Å². The molecule has 0 aliphatic rings. The van der Waals surface area contributed by atoms with Crippen molar-refractivity contribution in [2.45, 2.75) is 13.0 Å². The Morgan fingerprint density at radius 2 is 2.25 bits per heavy atom. The smallest absolute Gasteiger partial charge is 0.238 e. The second-order valence-corrected chi connectivity index (χ2v) is 3.26. The number of anilines is 1. The molecular weight excluding hydrogens is 228 g/mol. The van der Waals surface area contributed by atoms with Gasteiger partial charge >= 0.3 is 0 Å². The summed E-state index contributed by atoms with van der Waals surface area (Å²) in [6.45, 7) is 1.94. The van der Waals surface area contributed by atoms with Gasteiger partial charge in [0.1, 0.15) is 0 Å². The summed E-state index contributed by atoms with van der Waals surface area (Å²) < 4.78 is 5.19. The molecule has 1 amide bonds. The number of amides is 1. The number of carbonyl (C=O) groups is 1. The molecular formula is C11H17ClN2O2. The van der Waals surface area contributed by atoms with Crippen molar-refractivity contribution in [1.29, 1.82) is 0 Å². The minimum atomic E-state index is -0.197. The van der Waals surface area contributed by atoms with E-state index in [4.69, 9.17) is 10.5 Å². The first-order valence-electron chi connectivity index (χ1n) is 4.80. The molecule has 16 heavy (non-hydrogen) atoms. The molecule has 1 atom stereocenters. The van der Waals surface area contributed by atoms with E-state index in [0.717, 1.165) is 11.3 Å². The van der Waals surface area contributed by atoms with Crippen molar-refractivity contribution < 1.29 is 9.53 Å². The van der Waals surface area contributed by atoms with Gasteiger partial charge in [0.2, 0.25) is 5.91 Å². The number of nitrogens with one attached hydrogen (secondary N) is 1. The van der Waals surface area contributed by atoms with Crippen LogP contribution in [0.1, 0.15) is 18.6 Å². The molecule has 90 valence electrons. The monoisotopic (exact) mass is 244 g/mol. The molecule has 0 bridgehead atoms. The van der Waals surface area contributed by atoms with Gasteiger partial charge in [-0.25, -0.2) is 0 Å². The average Bonchev–Trinajstić information content (AvgIpc) is 2.28. The number of methoxy groups -OCH3 is 1. The molecule has 0 radical (unpaired) electrons. The number of carbonyl (C=O) groups excluding carboxylic acids is 1. The highest BCUT2D eigenvalue weighted by molar-refractivity contribution is 5.92. The molecule has 0 aromatic heterocycles. The van der Waals surface area contributed by atoms with Gasteiger partial charge in [0.15, 0.2) is 0 Å². The van der Waals surface area contributed by atoms with Gasteiger partial charge < -0.3 is 15.8 Å². The molecule has 0 aliphatic carbocycles. The lowest BCUT2D eigenvalue weighted by Gasteiger charge is -2.11. The number of hydrogen-bond acceptors (Lipinski definition) is 3. The van der Waals surface area contributed by atoms with Gasteiger partial charge in [-0.3, -0.25) is 4.79 Å². The Labute approximate surface area is 102 Å². The zero-order valence-corrected chi connectivity index (χ0v) is 10.2. The number of ether oxygens (including phenoxy) is 1. The SMILES string of the molecule is COC(C)c1cccc(NC(=O)CN)c1.Cl. The highest BCUT2D eigenvalue weighted by Crippen LogP contribution is 2.19. The Morgan fingerprint density at radius 1 is 1.56 bits per heavy atom. The second kappa shape index (κ2) is 7.22. The van der Waals surface area contributed by atoms with E-state index in [1.807, 2.05) is 31.2 Å². The summed E-state index contributed by atoms with van der Waals surface area (Å²) in [5.41, 5.74) is 6.97. The number of benzene rings is 1. The number of rotatable bonds is 4. The Morgan fingerprint density at radius 3 is 2.81 bits per heavy atom. The summed E-state index contributed by atoms with van der Waals surface area (Å²) >= 11 is 0. The van der Waals surface area contributed by atoms with Gasteiger partial charge in [0.25, 0.3) is 0 Å². The van der Waals surface area contributed by atoms with Crippen molar-refractivity contribution in [3.8, 4) is 0 Å². The van der Waals surface area contributed by atoms with E-state index in [0.29, 0.717) is 0 Å². The molecule has 0 saturated carbocycles. The van der Waals surface area contributed by atoms with Crippen LogP contribution in [-0.4, -0.2) is 19.6 Å². The van der Waals surface area contributed by atoms with E-state index in [9.17, 15) is 4.79 Å². The molecule has 4 nitrogen and oxygen atoms in total. The Bertz CT molecular complexity index is 345. The first-order valence-corrected chi connectivity index (χ1v) is 4.80.